The van der Waals surface area contributed by atoms with E-state index in [2.05, 4.69) is 0 Å². The molecule has 0 saturated heterocycles. The van der Waals surface area contributed by atoms with Crippen LogP contribution in [0.4, 0.5) is 0 Å². The van der Waals surface area contributed by atoms with Crippen molar-refractivity contribution in [2.45, 2.75) is 13.3 Å². The van der Waals surface area contributed by atoms with Crippen LogP contribution in [0.2, 0.25) is 0 Å². The highest BCUT2D eigenvalue weighted by atomic mass is 16.7. The standard InChI is InChI=1S/C20H20O5/c1-3-10-23-19-11-14(5-8-17(19)22-2)4-7-16(21)15-6-9-18-20(12-15)25-13-24-18/h4-9,11-12H,3,10,13H2,1-2H3. The van der Waals surface area contributed by atoms with Gasteiger partial charge in [0.15, 0.2) is 28.8 Å². The minimum atomic E-state index is -0.106. The smallest absolute Gasteiger partial charge is 0.231 e. The average Bonchev–Trinajstić information content (AvgIpc) is 3.12. The van der Waals surface area contributed by atoms with Gasteiger partial charge in [0.2, 0.25) is 6.79 Å². The molecule has 130 valence electrons. The number of ether oxygens (including phenoxy) is 4. The van der Waals surface area contributed by atoms with Gasteiger partial charge in [-0.15, -0.1) is 0 Å². The van der Waals surface area contributed by atoms with Crippen LogP contribution in [-0.2, 0) is 0 Å². The Hall–Kier alpha value is -2.95. The first-order chi connectivity index (χ1) is 12.2. The maximum atomic E-state index is 12.4. The molecule has 0 amide bonds. The zero-order chi connectivity index (χ0) is 17.6. The lowest BCUT2D eigenvalue weighted by molar-refractivity contribution is 0.104. The highest BCUT2D eigenvalue weighted by Gasteiger charge is 2.15. The fourth-order valence-electron chi connectivity index (χ4n) is 2.44. The van der Waals surface area contributed by atoms with Gasteiger partial charge >= 0.3 is 0 Å². The number of allylic oxidation sites excluding steroid dienone is 1. The molecule has 3 rings (SSSR count). The lowest BCUT2D eigenvalue weighted by Gasteiger charge is -2.10. The van der Waals surface area contributed by atoms with Gasteiger partial charge in [0.1, 0.15) is 0 Å². The van der Waals surface area contributed by atoms with Crippen LogP contribution >= 0.6 is 0 Å². The first-order valence-electron chi connectivity index (χ1n) is 8.14. The van der Waals surface area contributed by atoms with Gasteiger partial charge in [0, 0.05) is 5.56 Å². The molecule has 0 N–H and O–H groups in total. The zero-order valence-corrected chi connectivity index (χ0v) is 14.3. The first-order valence-corrected chi connectivity index (χ1v) is 8.14. The molecule has 0 bridgehead atoms. The zero-order valence-electron chi connectivity index (χ0n) is 14.3. The Morgan fingerprint density at radius 3 is 2.76 bits per heavy atom. The second-order valence-electron chi connectivity index (χ2n) is 5.52. The van der Waals surface area contributed by atoms with Crippen molar-refractivity contribution in [3.63, 3.8) is 0 Å². The highest BCUT2D eigenvalue weighted by Crippen LogP contribution is 2.33. The predicted octanol–water partition coefficient (Wildman–Crippen LogP) is 4.11. The summed E-state index contributed by atoms with van der Waals surface area (Å²) in [6, 6.07) is 10.7. The Labute approximate surface area is 146 Å². The summed E-state index contributed by atoms with van der Waals surface area (Å²) in [5, 5.41) is 0. The molecule has 5 nitrogen and oxygen atoms in total. The van der Waals surface area contributed by atoms with Crippen LogP contribution in [0.15, 0.2) is 42.5 Å². The van der Waals surface area contributed by atoms with Crippen molar-refractivity contribution < 1.29 is 23.7 Å². The van der Waals surface area contributed by atoms with Crippen molar-refractivity contribution in [3.05, 3.63) is 53.6 Å². The van der Waals surface area contributed by atoms with E-state index in [0.717, 1.165) is 12.0 Å². The van der Waals surface area contributed by atoms with Crippen molar-refractivity contribution in [3.8, 4) is 23.0 Å². The topological polar surface area (TPSA) is 54.0 Å². The molecule has 0 saturated carbocycles. The molecular weight excluding hydrogens is 320 g/mol. The third kappa shape index (κ3) is 3.94. The minimum absolute atomic E-state index is 0.106. The van der Waals surface area contributed by atoms with Crippen LogP contribution < -0.4 is 18.9 Å². The maximum absolute atomic E-state index is 12.4. The Morgan fingerprint density at radius 1 is 1.12 bits per heavy atom. The number of hydrogen-bond acceptors (Lipinski definition) is 5. The summed E-state index contributed by atoms with van der Waals surface area (Å²) in [5.74, 6) is 2.49. The monoisotopic (exact) mass is 340 g/mol. The average molecular weight is 340 g/mol. The van der Waals surface area contributed by atoms with Gasteiger partial charge in [-0.1, -0.05) is 19.1 Å². The van der Waals surface area contributed by atoms with Crippen LogP contribution in [0.1, 0.15) is 29.3 Å². The molecule has 1 aliphatic heterocycles. The fourth-order valence-corrected chi connectivity index (χ4v) is 2.44. The second kappa shape index (κ2) is 7.75. The first kappa shape index (κ1) is 16.9. The van der Waals surface area contributed by atoms with E-state index in [1.54, 1.807) is 31.4 Å². The van der Waals surface area contributed by atoms with Crippen LogP contribution in [-0.4, -0.2) is 26.3 Å². The molecule has 0 radical (unpaired) electrons. The molecule has 0 aromatic heterocycles. The summed E-state index contributed by atoms with van der Waals surface area (Å²) < 4.78 is 21.5. The summed E-state index contributed by atoms with van der Waals surface area (Å²) in [6.07, 6.45) is 4.19. The van der Waals surface area contributed by atoms with Crippen LogP contribution in [0.5, 0.6) is 23.0 Å². The van der Waals surface area contributed by atoms with Crippen molar-refractivity contribution in [1.82, 2.24) is 0 Å². The number of fused-ring (bicyclic) bond motifs is 1. The number of methoxy groups -OCH3 is 1. The van der Waals surface area contributed by atoms with E-state index in [1.165, 1.54) is 6.08 Å². The van der Waals surface area contributed by atoms with Crippen molar-refractivity contribution in [1.29, 1.82) is 0 Å². The van der Waals surface area contributed by atoms with Gasteiger partial charge in [-0.2, -0.15) is 0 Å². The Morgan fingerprint density at radius 2 is 1.96 bits per heavy atom. The van der Waals surface area contributed by atoms with E-state index < -0.39 is 0 Å². The number of carbonyl (C=O) groups excluding carboxylic acids is 1. The molecule has 2 aromatic rings. The molecule has 0 fully saturated rings. The third-order valence-electron chi connectivity index (χ3n) is 3.73. The van der Waals surface area contributed by atoms with Gasteiger partial charge in [0.25, 0.3) is 0 Å². The normalized spacial score (nSPS) is 12.4. The number of benzene rings is 2. The maximum Gasteiger partial charge on any atom is 0.231 e. The fraction of sp³-hybridized carbons (Fsp3) is 0.250. The van der Waals surface area contributed by atoms with Gasteiger partial charge in [0.05, 0.1) is 13.7 Å². The number of rotatable bonds is 7. The van der Waals surface area contributed by atoms with Crippen LogP contribution in [0.25, 0.3) is 6.08 Å². The molecule has 0 aliphatic carbocycles. The molecule has 1 aliphatic rings. The number of ketones is 1. The Bertz CT molecular complexity index is 795. The van der Waals surface area contributed by atoms with Gasteiger partial charge < -0.3 is 18.9 Å². The van der Waals surface area contributed by atoms with E-state index in [4.69, 9.17) is 18.9 Å². The molecule has 0 spiro atoms. The molecule has 1 heterocycles. The summed E-state index contributed by atoms with van der Waals surface area (Å²) in [6.45, 7) is 2.84. The van der Waals surface area contributed by atoms with E-state index in [0.29, 0.717) is 35.2 Å². The molecule has 0 atom stereocenters. The summed E-state index contributed by atoms with van der Waals surface area (Å²) >= 11 is 0. The summed E-state index contributed by atoms with van der Waals surface area (Å²) in [4.78, 5) is 12.4. The lowest BCUT2D eigenvalue weighted by Crippen LogP contribution is -1.98. The van der Waals surface area contributed by atoms with Gasteiger partial charge in [-0.05, 0) is 48.4 Å². The van der Waals surface area contributed by atoms with E-state index in [-0.39, 0.29) is 12.6 Å². The third-order valence-corrected chi connectivity index (χ3v) is 3.73. The second-order valence-corrected chi connectivity index (χ2v) is 5.52. The summed E-state index contributed by atoms with van der Waals surface area (Å²) in [5.41, 5.74) is 1.41. The van der Waals surface area contributed by atoms with Gasteiger partial charge in [-0.3, -0.25) is 4.79 Å². The van der Waals surface area contributed by atoms with E-state index in [9.17, 15) is 4.79 Å². The SMILES string of the molecule is CCCOc1cc(C=CC(=O)c2ccc3c(c2)OCO3)ccc1OC. The Balaban J connectivity index is 1.75. The molecular formula is C20H20O5. The predicted molar refractivity (Wildman–Crippen MR) is 94.7 cm³/mol. The minimum Gasteiger partial charge on any atom is -0.493 e. The highest BCUT2D eigenvalue weighted by molar-refractivity contribution is 6.07. The largest absolute Gasteiger partial charge is 0.493 e. The molecule has 5 heteroatoms. The summed E-state index contributed by atoms with van der Waals surface area (Å²) in [7, 11) is 1.60. The van der Waals surface area contributed by atoms with E-state index >= 15 is 0 Å². The van der Waals surface area contributed by atoms with Gasteiger partial charge in [-0.25, -0.2) is 0 Å². The van der Waals surface area contributed by atoms with Crippen molar-refractivity contribution in [2.75, 3.05) is 20.5 Å². The van der Waals surface area contributed by atoms with Crippen molar-refractivity contribution in [2.24, 2.45) is 0 Å². The van der Waals surface area contributed by atoms with Crippen LogP contribution in [0.3, 0.4) is 0 Å². The van der Waals surface area contributed by atoms with Crippen LogP contribution in [0, 0.1) is 0 Å². The number of carbonyl (C=O) groups is 1. The quantitative estimate of drug-likeness (QED) is 0.561. The lowest BCUT2D eigenvalue weighted by atomic mass is 10.1. The van der Waals surface area contributed by atoms with E-state index in [1.807, 2.05) is 25.1 Å². The molecule has 2 aromatic carbocycles. The Kier molecular flexibility index (Phi) is 5.23. The molecule has 25 heavy (non-hydrogen) atoms. The van der Waals surface area contributed by atoms with Crippen molar-refractivity contribution >= 4 is 11.9 Å². The molecule has 0 unspecified atom stereocenters. The number of hydrogen-bond donors (Lipinski definition) is 0.